The maximum absolute atomic E-state index is 11.0. The summed E-state index contributed by atoms with van der Waals surface area (Å²) in [7, 11) is 3.93. The highest BCUT2D eigenvalue weighted by Crippen LogP contribution is 2.10. The fraction of sp³-hybridized carbons (Fsp3) is 0.286. The first kappa shape index (κ1) is 13.9. The Balaban J connectivity index is 1.94. The Hall–Kier alpha value is -2.50. The predicted octanol–water partition coefficient (Wildman–Crippen LogP) is 0.636. The molecule has 2 heterocycles. The van der Waals surface area contributed by atoms with E-state index in [9.17, 15) is 9.59 Å². The van der Waals surface area contributed by atoms with Crippen molar-refractivity contribution in [3.8, 4) is 0 Å². The van der Waals surface area contributed by atoms with Gasteiger partial charge in [-0.25, -0.2) is 0 Å². The summed E-state index contributed by atoms with van der Waals surface area (Å²) in [6.07, 6.45) is 3.39. The zero-order chi connectivity index (χ0) is 14.5. The first-order valence-corrected chi connectivity index (χ1v) is 6.36. The molecule has 0 aromatic carbocycles. The first-order valence-electron chi connectivity index (χ1n) is 6.36. The SMILES string of the molecule is CN(CCN(C)c1ccc(=O)[nH]c1)c1ccc(=O)[nH]c1. The minimum atomic E-state index is -0.104. The molecule has 106 valence electrons. The van der Waals surface area contributed by atoms with Crippen LogP contribution in [-0.4, -0.2) is 37.2 Å². The number of aromatic amines is 2. The number of anilines is 2. The van der Waals surface area contributed by atoms with Crippen LogP contribution in [0.15, 0.2) is 46.2 Å². The Morgan fingerprint density at radius 2 is 1.20 bits per heavy atom. The van der Waals surface area contributed by atoms with Crippen molar-refractivity contribution in [2.24, 2.45) is 0 Å². The Labute approximate surface area is 116 Å². The van der Waals surface area contributed by atoms with E-state index in [2.05, 4.69) is 19.8 Å². The van der Waals surface area contributed by atoms with Crippen molar-refractivity contribution >= 4 is 11.4 Å². The second-order valence-electron chi connectivity index (χ2n) is 4.67. The lowest BCUT2D eigenvalue weighted by Crippen LogP contribution is -2.31. The predicted molar refractivity (Wildman–Crippen MR) is 80.7 cm³/mol. The minimum absolute atomic E-state index is 0.104. The molecular weight excluding hydrogens is 256 g/mol. The van der Waals surface area contributed by atoms with Crippen LogP contribution in [0.2, 0.25) is 0 Å². The van der Waals surface area contributed by atoms with Gasteiger partial charge in [0.1, 0.15) is 0 Å². The first-order chi connectivity index (χ1) is 9.56. The quantitative estimate of drug-likeness (QED) is 0.839. The van der Waals surface area contributed by atoms with Crippen molar-refractivity contribution in [2.45, 2.75) is 0 Å². The van der Waals surface area contributed by atoms with Gasteiger partial charge in [-0.05, 0) is 12.1 Å². The van der Waals surface area contributed by atoms with Crippen LogP contribution in [0.1, 0.15) is 0 Å². The van der Waals surface area contributed by atoms with Crippen molar-refractivity contribution in [1.29, 1.82) is 0 Å². The Morgan fingerprint density at radius 1 is 0.800 bits per heavy atom. The summed E-state index contributed by atoms with van der Waals surface area (Å²) in [4.78, 5) is 31.4. The lowest BCUT2D eigenvalue weighted by Gasteiger charge is -2.24. The van der Waals surface area contributed by atoms with Crippen LogP contribution >= 0.6 is 0 Å². The topological polar surface area (TPSA) is 72.2 Å². The average molecular weight is 274 g/mol. The van der Waals surface area contributed by atoms with Crippen molar-refractivity contribution in [1.82, 2.24) is 9.97 Å². The van der Waals surface area contributed by atoms with Crippen LogP contribution in [0.25, 0.3) is 0 Å². The van der Waals surface area contributed by atoms with E-state index < -0.39 is 0 Å². The van der Waals surface area contributed by atoms with Gasteiger partial charge < -0.3 is 19.8 Å². The van der Waals surface area contributed by atoms with E-state index in [-0.39, 0.29) is 11.1 Å². The van der Waals surface area contributed by atoms with Crippen LogP contribution in [0.3, 0.4) is 0 Å². The summed E-state index contributed by atoms with van der Waals surface area (Å²) < 4.78 is 0. The van der Waals surface area contributed by atoms with E-state index in [4.69, 9.17) is 0 Å². The summed E-state index contributed by atoms with van der Waals surface area (Å²) in [5.41, 5.74) is 1.71. The Morgan fingerprint density at radius 3 is 1.50 bits per heavy atom. The van der Waals surface area contributed by atoms with Gasteiger partial charge in [-0.3, -0.25) is 9.59 Å². The van der Waals surface area contributed by atoms with Gasteiger partial charge >= 0.3 is 0 Å². The number of hydrogen-bond acceptors (Lipinski definition) is 4. The summed E-state index contributed by atoms with van der Waals surface area (Å²) in [5, 5.41) is 0. The minimum Gasteiger partial charge on any atom is -0.372 e. The summed E-state index contributed by atoms with van der Waals surface area (Å²) in [6, 6.07) is 6.60. The summed E-state index contributed by atoms with van der Waals surface area (Å²) in [5.74, 6) is 0. The maximum Gasteiger partial charge on any atom is 0.248 e. The Bertz CT molecular complexity index is 577. The standard InChI is InChI=1S/C14H18N4O2/c1-17(11-3-5-13(19)15-9-11)7-8-18(2)12-4-6-14(20)16-10-12/h3-6,9-10H,7-8H2,1-2H3,(H,15,19)(H,16,20). The number of hydrogen-bond donors (Lipinski definition) is 2. The molecule has 0 saturated carbocycles. The van der Waals surface area contributed by atoms with Gasteiger partial charge in [-0.15, -0.1) is 0 Å². The average Bonchev–Trinajstić information content (AvgIpc) is 2.46. The van der Waals surface area contributed by atoms with Gasteiger partial charge in [0, 0.05) is 51.7 Å². The van der Waals surface area contributed by atoms with Crippen LogP contribution in [-0.2, 0) is 0 Å². The third-order valence-corrected chi connectivity index (χ3v) is 3.19. The number of H-pyrrole nitrogens is 2. The molecular formula is C14H18N4O2. The smallest absolute Gasteiger partial charge is 0.248 e. The zero-order valence-electron chi connectivity index (χ0n) is 11.6. The number of pyridine rings is 2. The van der Waals surface area contributed by atoms with E-state index >= 15 is 0 Å². The van der Waals surface area contributed by atoms with Gasteiger partial charge in [0.25, 0.3) is 0 Å². The summed E-state index contributed by atoms with van der Waals surface area (Å²) >= 11 is 0. The van der Waals surface area contributed by atoms with Gasteiger partial charge in [0.15, 0.2) is 0 Å². The summed E-state index contributed by atoms with van der Waals surface area (Å²) in [6.45, 7) is 1.59. The lowest BCUT2D eigenvalue weighted by molar-refractivity contribution is 0.828. The molecule has 0 bridgehead atoms. The molecule has 0 amide bonds. The Kier molecular flexibility index (Phi) is 4.24. The van der Waals surface area contributed by atoms with Crippen molar-refractivity contribution in [2.75, 3.05) is 37.0 Å². The number of aromatic nitrogens is 2. The van der Waals surface area contributed by atoms with Crippen molar-refractivity contribution in [3.05, 3.63) is 57.4 Å². The van der Waals surface area contributed by atoms with E-state index in [1.54, 1.807) is 24.5 Å². The monoisotopic (exact) mass is 274 g/mol. The second-order valence-corrected chi connectivity index (χ2v) is 4.67. The van der Waals surface area contributed by atoms with Gasteiger partial charge in [-0.1, -0.05) is 0 Å². The molecule has 0 atom stereocenters. The van der Waals surface area contributed by atoms with E-state index in [0.29, 0.717) is 0 Å². The molecule has 2 aromatic heterocycles. The van der Waals surface area contributed by atoms with Crippen LogP contribution in [0.4, 0.5) is 11.4 Å². The molecule has 0 spiro atoms. The molecule has 2 rings (SSSR count). The number of nitrogens with one attached hydrogen (secondary N) is 2. The highest BCUT2D eigenvalue weighted by atomic mass is 16.1. The van der Waals surface area contributed by atoms with Crippen LogP contribution in [0, 0.1) is 0 Å². The van der Waals surface area contributed by atoms with Crippen LogP contribution in [0.5, 0.6) is 0 Å². The van der Waals surface area contributed by atoms with Gasteiger partial charge in [0.05, 0.1) is 11.4 Å². The van der Waals surface area contributed by atoms with E-state index in [0.717, 1.165) is 24.5 Å². The van der Waals surface area contributed by atoms with Crippen molar-refractivity contribution < 1.29 is 0 Å². The highest BCUT2D eigenvalue weighted by Gasteiger charge is 2.04. The third kappa shape index (κ3) is 3.50. The largest absolute Gasteiger partial charge is 0.372 e. The molecule has 0 radical (unpaired) electrons. The molecule has 0 fully saturated rings. The molecule has 20 heavy (non-hydrogen) atoms. The lowest BCUT2D eigenvalue weighted by atomic mass is 10.3. The van der Waals surface area contributed by atoms with Crippen molar-refractivity contribution in [3.63, 3.8) is 0 Å². The highest BCUT2D eigenvalue weighted by molar-refractivity contribution is 5.45. The molecule has 0 saturated heterocycles. The van der Waals surface area contributed by atoms with Crippen LogP contribution < -0.4 is 20.9 Å². The third-order valence-electron chi connectivity index (χ3n) is 3.19. The zero-order valence-corrected chi connectivity index (χ0v) is 11.6. The molecule has 0 aliphatic carbocycles. The van der Waals surface area contributed by atoms with Gasteiger partial charge in [0.2, 0.25) is 11.1 Å². The molecule has 0 aliphatic rings. The van der Waals surface area contributed by atoms with E-state index in [1.165, 1.54) is 12.1 Å². The normalized spacial score (nSPS) is 10.3. The maximum atomic E-state index is 11.0. The second kappa shape index (κ2) is 6.10. The fourth-order valence-electron chi connectivity index (χ4n) is 1.84. The number of rotatable bonds is 5. The van der Waals surface area contributed by atoms with E-state index in [1.807, 2.05) is 14.1 Å². The molecule has 6 heteroatoms. The molecule has 2 aromatic rings. The number of likely N-dealkylation sites (N-methyl/N-ethyl adjacent to an activating group) is 2. The molecule has 6 nitrogen and oxygen atoms in total. The molecule has 2 N–H and O–H groups in total. The molecule has 0 aliphatic heterocycles. The van der Waals surface area contributed by atoms with Gasteiger partial charge in [-0.2, -0.15) is 0 Å². The fourth-order valence-corrected chi connectivity index (χ4v) is 1.84. The number of nitrogens with zero attached hydrogens (tertiary/aromatic N) is 2. The molecule has 0 unspecified atom stereocenters.